The lowest BCUT2D eigenvalue weighted by Gasteiger charge is -2.26. The lowest BCUT2D eigenvalue weighted by Crippen LogP contribution is -2.41. The summed E-state index contributed by atoms with van der Waals surface area (Å²) in [6.07, 6.45) is 3.02. The van der Waals surface area contributed by atoms with Gasteiger partial charge in [-0.2, -0.15) is 5.10 Å². The molecule has 2 aromatic heterocycles. The SMILES string of the molecule is Cc1nn(C)c(C)c1CCC(=O)NC1CCc2nnc(C(C)C)n2C1. The summed E-state index contributed by atoms with van der Waals surface area (Å²) >= 11 is 0. The standard InChI is InChI=1S/C18H28N6O/c1-11(2)18-21-20-16-8-6-14(10-24(16)18)19-17(25)9-7-15-12(3)22-23(5)13(15)4/h11,14H,6-10H2,1-5H3,(H,19,25). The van der Waals surface area contributed by atoms with Gasteiger partial charge in [0.25, 0.3) is 0 Å². The van der Waals surface area contributed by atoms with Crippen molar-refractivity contribution < 1.29 is 4.79 Å². The van der Waals surface area contributed by atoms with Crippen molar-refractivity contribution in [3.63, 3.8) is 0 Å². The maximum absolute atomic E-state index is 12.4. The zero-order valence-corrected chi connectivity index (χ0v) is 15.8. The molecular formula is C18H28N6O. The maximum atomic E-state index is 12.4. The largest absolute Gasteiger partial charge is 0.352 e. The second-order valence-electron chi connectivity index (χ2n) is 7.32. The fourth-order valence-corrected chi connectivity index (χ4v) is 3.61. The van der Waals surface area contributed by atoms with E-state index in [0.29, 0.717) is 12.3 Å². The van der Waals surface area contributed by atoms with Crippen LogP contribution in [-0.2, 0) is 31.2 Å². The van der Waals surface area contributed by atoms with E-state index in [1.165, 1.54) is 5.56 Å². The van der Waals surface area contributed by atoms with Crippen LogP contribution < -0.4 is 5.32 Å². The first-order valence-electron chi connectivity index (χ1n) is 9.07. The van der Waals surface area contributed by atoms with Gasteiger partial charge in [0.2, 0.25) is 5.91 Å². The molecule has 0 aromatic carbocycles. The molecule has 0 saturated heterocycles. The predicted molar refractivity (Wildman–Crippen MR) is 95.4 cm³/mol. The van der Waals surface area contributed by atoms with Crippen LogP contribution in [0.5, 0.6) is 0 Å². The van der Waals surface area contributed by atoms with Crippen molar-refractivity contribution >= 4 is 5.91 Å². The van der Waals surface area contributed by atoms with Gasteiger partial charge in [0.05, 0.1) is 5.69 Å². The van der Waals surface area contributed by atoms with Crippen LogP contribution in [0.15, 0.2) is 0 Å². The Morgan fingerprint density at radius 3 is 2.72 bits per heavy atom. The first kappa shape index (κ1) is 17.6. The molecule has 0 saturated carbocycles. The molecule has 1 atom stereocenters. The normalized spacial score (nSPS) is 17.0. The average molecular weight is 344 g/mol. The smallest absolute Gasteiger partial charge is 0.220 e. The van der Waals surface area contributed by atoms with Crippen LogP contribution in [-0.4, -0.2) is 36.5 Å². The number of amides is 1. The van der Waals surface area contributed by atoms with Crippen molar-refractivity contribution in [2.45, 2.75) is 71.9 Å². The van der Waals surface area contributed by atoms with Crippen LogP contribution in [0.1, 0.15) is 61.2 Å². The quantitative estimate of drug-likeness (QED) is 0.897. The van der Waals surface area contributed by atoms with Crippen molar-refractivity contribution in [1.82, 2.24) is 29.9 Å². The predicted octanol–water partition coefficient (Wildman–Crippen LogP) is 1.82. The molecule has 0 radical (unpaired) electrons. The zero-order chi connectivity index (χ0) is 18.1. The van der Waals surface area contributed by atoms with E-state index in [4.69, 9.17) is 0 Å². The van der Waals surface area contributed by atoms with Gasteiger partial charge >= 0.3 is 0 Å². The van der Waals surface area contributed by atoms with E-state index in [1.54, 1.807) is 0 Å². The molecule has 1 aliphatic heterocycles. The minimum atomic E-state index is 0.107. The van der Waals surface area contributed by atoms with Gasteiger partial charge in [0.1, 0.15) is 11.6 Å². The van der Waals surface area contributed by atoms with Gasteiger partial charge in [-0.15, -0.1) is 10.2 Å². The number of carbonyl (C=O) groups is 1. The van der Waals surface area contributed by atoms with Gasteiger partial charge in [-0.25, -0.2) is 0 Å². The van der Waals surface area contributed by atoms with Crippen LogP contribution in [0.25, 0.3) is 0 Å². The topological polar surface area (TPSA) is 77.6 Å². The summed E-state index contributed by atoms with van der Waals surface area (Å²) in [7, 11) is 1.94. The summed E-state index contributed by atoms with van der Waals surface area (Å²) in [5.74, 6) is 2.49. The molecule has 7 heteroatoms. The Bertz CT molecular complexity index is 773. The van der Waals surface area contributed by atoms with Crippen LogP contribution in [0, 0.1) is 13.8 Å². The first-order chi connectivity index (χ1) is 11.9. The molecule has 136 valence electrons. The average Bonchev–Trinajstić information content (AvgIpc) is 3.07. The Labute approximate surface area is 148 Å². The first-order valence-corrected chi connectivity index (χ1v) is 9.07. The van der Waals surface area contributed by atoms with E-state index < -0.39 is 0 Å². The molecule has 1 amide bonds. The van der Waals surface area contributed by atoms with Crippen LogP contribution in [0.2, 0.25) is 0 Å². The van der Waals surface area contributed by atoms with E-state index in [2.05, 4.69) is 46.0 Å². The summed E-state index contributed by atoms with van der Waals surface area (Å²) in [5.41, 5.74) is 3.34. The Hall–Kier alpha value is -2.18. The molecule has 0 spiro atoms. The zero-order valence-electron chi connectivity index (χ0n) is 15.8. The highest BCUT2D eigenvalue weighted by molar-refractivity contribution is 5.76. The summed E-state index contributed by atoms with van der Waals surface area (Å²) < 4.78 is 4.05. The number of carbonyl (C=O) groups excluding carboxylic acids is 1. The Morgan fingerprint density at radius 1 is 1.32 bits per heavy atom. The third-order valence-electron chi connectivity index (χ3n) is 5.12. The van der Waals surface area contributed by atoms with Crippen molar-refractivity contribution in [2.24, 2.45) is 7.05 Å². The van der Waals surface area contributed by atoms with Crippen molar-refractivity contribution in [3.05, 3.63) is 28.6 Å². The summed E-state index contributed by atoms with van der Waals surface area (Å²) in [6.45, 7) is 9.07. The lowest BCUT2D eigenvalue weighted by atomic mass is 10.0. The highest BCUT2D eigenvalue weighted by Crippen LogP contribution is 2.20. The Balaban J connectivity index is 1.58. The molecule has 7 nitrogen and oxygen atoms in total. The second kappa shape index (κ2) is 6.98. The van der Waals surface area contributed by atoms with E-state index in [-0.39, 0.29) is 11.9 Å². The fourth-order valence-electron chi connectivity index (χ4n) is 3.61. The molecule has 3 rings (SSSR count). The van der Waals surface area contributed by atoms with E-state index in [9.17, 15) is 4.79 Å². The summed E-state index contributed by atoms with van der Waals surface area (Å²) in [5, 5.41) is 16.2. The lowest BCUT2D eigenvalue weighted by molar-refractivity contribution is -0.122. The molecule has 0 aliphatic carbocycles. The molecule has 1 aliphatic rings. The van der Waals surface area contributed by atoms with Crippen LogP contribution >= 0.6 is 0 Å². The van der Waals surface area contributed by atoms with Crippen LogP contribution in [0.3, 0.4) is 0 Å². The third-order valence-corrected chi connectivity index (χ3v) is 5.12. The van der Waals surface area contributed by atoms with Gasteiger partial charge in [-0.1, -0.05) is 13.8 Å². The molecule has 25 heavy (non-hydrogen) atoms. The highest BCUT2D eigenvalue weighted by Gasteiger charge is 2.25. The van der Waals surface area contributed by atoms with Gasteiger partial charge in [-0.3, -0.25) is 9.48 Å². The minimum Gasteiger partial charge on any atom is -0.352 e. The molecule has 3 heterocycles. The molecule has 0 bridgehead atoms. The van der Waals surface area contributed by atoms with E-state index in [0.717, 1.165) is 48.8 Å². The molecule has 0 fully saturated rings. The number of hydrogen-bond acceptors (Lipinski definition) is 4. The number of fused-ring (bicyclic) bond motifs is 1. The van der Waals surface area contributed by atoms with Crippen LogP contribution in [0.4, 0.5) is 0 Å². The van der Waals surface area contributed by atoms with Gasteiger partial charge in [-0.05, 0) is 32.3 Å². The minimum absolute atomic E-state index is 0.107. The van der Waals surface area contributed by atoms with E-state index in [1.807, 2.05) is 18.7 Å². The molecule has 1 unspecified atom stereocenters. The number of aromatic nitrogens is 5. The number of rotatable bonds is 5. The summed E-state index contributed by atoms with van der Waals surface area (Å²) in [6, 6.07) is 0.157. The highest BCUT2D eigenvalue weighted by atomic mass is 16.1. The Morgan fingerprint density at radius 2 is 2.08 bits per heavy atom. The van der Waals surface area contributed by atoms with Gasteiger partial charge < -0.3 is 9.88 Å². The second-order valence-corrected chi connectivity index (χ2v) is 7.32. The van der Waals surface area contributed by atoms with Crippen molar-refractivity contribution in [3.8, 4) is 0 Å². The molecular weight excluding hydrogens is 316 g/mol. The monoisotopic (exact) mass is 344 g/mol. The number of aryl methyl sites for hydroxylation is 3. The number of nitrogens with one attached hydrogen (secondary N) is 1. The van der Waals surface area contributed by atoms with Gasteiger partial charge in [0, 0.05) is 44.1 Å². The van der Waals surface area contributed by atoms with E-state index >= 15 is 0 Å². The molecule has 1 N–H and O–H groups in total. The Kier molecular flexibility index (Phi) is 4.92. The van der Waals surface area contributed by atoms with Crippen molar-refractivity contribution in [2.75, 3.05) is 0 Å². The fraction of sp³-hybridized carbons (Fsp3) is 0.667. The molecule has 2 aromatic rings. The summed E-state index contributed by atoms with van der Waals surface area (Å²) in [4.78, 5) is 12.4. The van der Waals surface area contributed by atoms with Gasteiger partial charge in [0.15, 0.2) is 0 Å². The maximum Gasteiger partial charge on any atom is 0.220 e. The number of nitrogens with zero attached hydrogens (tertiary/aromatic N) is 5. The number of hydrogen-bond donors (Lipinski definition) is 1. The third kappa shape index (κ3) is 3.60. The van der Waals surface area contributed by atoms with Crippen molar-refractivity contribution in [1.29, 1.82) is 0 Å².